The standard InChI is InChI=1S/C15H15NO.ClH/c16-15-9-14(15)11-6-4-10(5-7-11)12-2-1-3-13(17)8-12;/h1-8,14-15,17H,9,16H2;1H. The number of phenolic OH excluding ortho intramolecular Hbond substituents is 1. The van der Waals surface area contributed by atoms with Crippen LogP contribution < -0.4 is 5.73 Å². The molecule has 2 unspecified atom stereocenters. The second kappa shape index (κ2) is 5.01. The summed E-state index contributed by atoms with van der Waals surface area (Å²) in [6.45, 7) is 0. The highest BCUT2D eigenvalue weighted by molar-refractivity contribution is 5.85. The van der Waals surface area contributed by atoms with Gasteiger partial charge in [-0.3, -0.25) is 0 Å². The van der Waals surface area contributed by atoms with Crippen LogP contribution in [0.3, 0.4) is 0 Å². The van der Waals surface area contributed by atoms with Gasteiger partial charge in [0.25, 0.3) is 0 Å². The molecule has 3 rings (SSSR count). The number of phenols is 1. The van der Waals surface area contributed by atoms with Crippen molar-refractivity contribution in [1.82, 2.24) is 0 Å². The van der Waals surface area contributed by atoms with Gasteiger partial charge in [-0.1, -0.05) is 36.4 Å². The van der Waals surface area contributed by atoms with Crippen LogP contribution in [0.5, 0.6) is 5.75 Å². The van der Waals surface area contributed by atoms with Crippen LogP contribution in [0.1, 0.15) is 17.9 Å². The molecule has 0 heterocycles. The van der Waals surface area contributed by atoms with Gasteiger partial charge in [-0.25, -0.2) is 0 Å². The van der Waals surface area contributed by atoms with Gasteiger partial charge in [0.05, 0.1) is 0 Å². The van der Waals surface area contributed by atoms with Gasteiger partial charge in [-0.2, -0.15) is 0 Å². The fourth-order valence-corrected chi connectivity index (χ4v) is 2.21. The first-order chi connectivity index (χ1) is 8.24. The maximum absolute atomic E-state index is 9.45. The molecule has 0 aromatic heterocycles. The van der Waals surface area contributed by atoms with Crippen molar-refractivity contribution in [1.29, 1.82) is 0 Å². The quantitative estimate of drug-likeness (QED) is 0.871. The number of benzene rings is 2. The first-order valence-electron chi connectivity index (χ1n) is 5.89. The lowest BCUT2D eigenvalue weighted by Crippen LogP contribution is -2.00. The van der Waals surface area contributed by atoms with Crippen LogP contribution >= 0.6 is 12.4 Å². The van der Waals surface area contributed by atoms with Gasteiger partial charge < -0.3 is 10.8 Å². The van der Waals surface area contributed by atoms with Gasteiger partial charge in [-0.05, 0) is 35.2 Å². The molecule has 0 aliphatic heterocycles. The van der Waals surface area contributed by atoms with E-state index in [1.54, 1.807) is 12.1 Å². The zero-order valence-electron chi connectivity index (χ0n) is 9.91. The van der Waals surface area contributed by atoms with Gasteiger partial charge in [0.2, 0.25) is 0 Å². The normalized spacial score (nSPS) is 21.2. The molecule has 94 valence electrons. The number of nitrogens with two attached hydrogens (primary N) is 1. The monoisotopic (exact) mass is 261 g/mol. The molecule has 2 aromatic rings. The van der Waals surface area contributed by atoms with E-state index in [2.05, 4.69) is 24.3 Å². The number of aromatic hydroxyl groups is 1. The predicted octanol–water partition coefficient (Wildman–Crippen LogP) is 3.30. The van der Waals surface area contributed by atoms with Crippen LogP contribution in [0, 0.1) is 0 Å². The van der Waals surface area contributed by atoms with Gasteiger partial charge in [0.1, 0.15) is 5.75 Å². The summed E-state index contributed by atoms with van der Waals surface area (Å²) < 4.78 is 0. The first-order valence-corrected chi connectivity index (χ1v) is 5.89. The molecule has 1 fully saturated rings. The van der Waals surface area contributed by atoms with Gasteiger partial charge in [0, 0.05) is 12.0 Å². The van der Waals surface area contributed by atoms with E-state index in [1.807, 2.05) is 12.1 Å². The SMILES string of the molecule is Cl.NC1CC1c1ccc(-c2cccc(O)c2)cc1. The number of rotatable bonds is 2. The summed E-state index contributed by atoms with van der Waals surface area (Å²) in [6, 6.07) is 16.1. The molecule has 0 saturated heterocycles. The summed E-state index contributed by atoms with van der Waals surface area (Å²) in [7, 11) is 0. The van der Waals surface area contributed by atoms with Crippen LogP contribution in [0.25, 0.3) is 11.1 Å². The molecule has 0 bridgehead atoms. The lowest BCUT2D eigenvalue weighted by Gasteiger charge is -2.04. The van der Waals surface area contributed by atoms with Crippen molar-refractivity contribution in [3.8, 4) is 16.9 Å². The molecule has 1 aliphatic carbocycles. The Morgan fingerprint density at radius 1 is 1.00 bits per heavy atom. The van der Waals surface area contributed by atoms with Gasteiger partial charge >= 0.3 is 0 Å². The van der Waals surface area contributed by atoms with Crippen molar-refractivity contribution < 1.29 is 5.11 Å². The molecule has 0 radical (unpaired) electrons. The topological polar surface area (TPSA) is 46.2 Å². The largest absolute Gasteiger partial charge is 0.508 e. The van der Waals surface area contributed by atoms with E-state index in [0.29, 0.717) is 17.7 Å². The molecule has 3 N–H and O–H groups in total. The highest BCUT2D eigenvalue weighted by Gasteiger charge is 2.34. The second-order valence-corrected chi connectivity index (χ2v) is 4.68. The van der Waals surface area contributed by atoms with E-state index in [4.69, 9.17) is 5.73 Å². The summed E-state index contributed by atoms with van der Waals surface area (Å²) in [5, 5.41) is 9.45. The van der Waals surface area contributed by atoms with Crippen LogP contribution in [0.2, 0.25) is 0 Å². The van der Waals surface area contributed by atoms with Crippen molar-refractivity contribution in [3.05, 3.63) is 54.1 Å². The lowest BCUT2D eigenvalue weighted by atomic mass is 10.0. The van der Waals surface area contributed by atoms with E-state index >= 15 is 0 Å². The van der Waals surface area contributed by atoms with Crippen LogP contribution in [0.4, 0.5) is 0 Å². The van der Waals surface area contributed by atoms with Crippen LogP contribution in [-0.2, 0) is 0 Å². The van der Waals surface area contributed by atoms with Crippen molar-refractivity contribution in [2.24, 2.45) is 5.73 Å². The van der Waals surface area contributed by atoms with Crippen molar-refractivity contribution >= 4 is 12.4 Å². The molecule has 18 heavy (non-hydrogen) atoms. The van der Waals surface area contributed by atoms with Crippen molar-refractivity contribution in [2.45, 2.75) is 18.4 Å². The Hall–Kier alpha value is -1.51. The van der Waals surface area contributed by atoms with E-state index in [9.17, 15) is 5.11 Å². The van der Waals surface area contributed by atoms with E-state index in [1.165, 1.54) is 5.56 Å². The minimum Gasteiger partial charge on any atom is -0.508 e. The summed E-state index contributed by atoms with van der Waals surface area (Å²) in [5.74, 6) is 0.851. The third kappa shape index (κ3) is 2.50. The highest BCUT2D eigenvalue weighted by Crippen LogP contribution is 2.39. The van der Waals surface area contributed by atoms with Gasteiger partial charge in [0.15, 0.2) is 0 Å². The molecule has 2 atom stereocenters. The maximum Gasteiger partial charge on any atom is 0.116 e. The Morgan fingerprint density at radius 2 is 1.67 bits per heavy atom. The average molecular weight is 262 g/mol. The molecule has 0 spiro atoms. The summed E-state index contributed by atoms with van der Waals surface area (Å²) in [6.07, 6.45) is 1.10. The minimum atomic E-state index is 0. The Balaban J connectivity index is 0.00000120. The lowest BCUT2D eigenvalue weighted by molar-refractivity contribution is 0.475. The van der Waals surface area contributed by atoms with E-state index < -0.39 is 0 Å². The molecular weight excluding hydrogens is 246 g/mol. The smallest absolute Gasteiger partial charge is 0.116 e. The molecule has 2 nitrogen and oxygen atoms in total. The highest BCUT2D eigenvalue weighted by atomic mass is 35.5. The molecular formula is C15H16ClNO. The molecule has 0 amide bonds. The summed E-state index contributed by atoms with van der Waals surface area (Å²) in [5.41, 5.74) is 9.32. The van der Waals surface area contributed by atoms with Crippen LogP contribution in [-0.4, -0.2) is 11.1 Å². The third-order valence-electron chi connectivity index (χ3n) is 3.36. The second-order valence-electron chi connectivity index (χ2n) is 4.68. The Bertz CT molecular complexity index is 538. The minimum absolute atomic E-state index is 0. The third-order valence-corrected chi connectivity index (χ3v) is 3.36. The molecule has 3 heteroatoms. The fraction of sp³-hybridized carbons (Fsp3) is 0.200. The van der Waals surface area contributed by atoms with Crippen LogP contribution in [0.15, 0.2) is 48.5 Å². The number of halogens is 1. The predicted molar refractivity (Wildman–Crippen MR) is 76.1 cm³/mol. The average Bonchev–Trinajstić information content (AvgIpc) is 3.07. The Labute approximate surface area is 113 Å². The fourth-order valence-electron chi connectivity index (χ4n) is 2.21. The zero-order valence-corrected chi connectivity index (χ0v) is 10.7. The zero-order chi connectivity index (χ0) is 11.8. The number of hydrogen-bond donors (Lipinski definition) is 2. The number of hydrogen-bond acceptors (Lipinski definition) is 2. The summed E-state index contributed by atoms with van der Waals surface area (Å²) in [4.78, 5) is 0. The van der Waals surface area contributed by atoms with Gasteiger partial charge in [-0.15, -0.1) is 12.4 Å². The van der Waals surface area contributed by atoms with Crippen molar-refractivity contribution in [3.63, 3.8) is 0 Å². The molecule has 2 aromatic carbocycles. The first kappa shape index (κ1) is 12.9. The Kier molecular flexibility index (Phi) is 3.60. The molecule has 1 saturated carbocycles. The van der Waals surface area contributed by atoms with E-state index in [-0.39, 0.29) is 12.4 Å². The molecule has 1 aliphatic rings. The Morgan fingerprint density at radius 3 is 2.22 bits per heavy atom. The summed E-state index contributed by atoms with van der Waals surface area (Å²) >= 11 is 0. The van der Waals surface area contributed by atoms with E-state index in [0.717, 1.165) is 17.5 Å². The maximum atomic E-state index is 9.45. The van der Waals surface area contributed by atoms with Crippen molar-refractivity contribution in [2.75, 3.05) is 0 Å².